The Balaban J connectivity index is 0.000000133. The number of para-hydroxylation sites is 3. The van der Waals surface area contributed by atoms with Gasteiger partial charge in [0.25, 0.3) is 0 Å². The summed E-state index contributed by atoms with van der Waals surface area (Å²) < 4.78 is 11.3. The number of methoxy groups -OCH3 is 1. The van der Waals surface area contributed by atoms with Crippen molar-refractivity contribution < 1.29 is 65.1 Å². The van der Waals surface area contributed by atoms with Gasteiger partial charge in [-0.3, -0.25) is 0 Å². The normalized spacial score (nSPS) is 13.6. The van der Waals surface area contributed by atoms with Crippen molar-refractivity contribution in [1.82, 2.24) is 29.9 Å². The number of aromatic nitrogens is 6. The first kappa shape index (κ1) is 93.9. The fourth-order valence-corrected chi connectivity index (χ4v) is 22.8. The largest absolute Gasteiger partial charge is 0.305 e. The van der Waals surface area contributed by atoms with Crippen molar-refractivity contribution in [2.45, 2.75) is 116 Å². The van der Waals surface area contributed by atoms with Crippen LogP contribution in [0.5, 0.6) is 5.75 Å². The number of ether oxygens (including phenoxy) is 1. The third-order valence-electron chi connectivity index (χ3n) is 24.1. The van der Waals surface area contributed by atoms with Gasteiger partial charge in [-0.2, -0.15) is 0 Å². The molecule has 9 heterocycles. The minimum absolute atomic E-state index is 0. The summed E-state index contributed by atoms with van der Waals surface area (Å²) in [6.45, 7) is 11.0. The SMILES string of the molecule is CN1c2ccccc2C(C)(C)c2cc[c-]c(-c3ccc(C4CCCCC4)cn3)c21.COc1ccc(-c2ccc(-c3[c-]ccc4c3N(C)c3ccccc3N4C)nc2)cc1.Cc1[c-]c(-c2ccccn2)cc(C)c1C.[Ir].[Ir].[Ir].[c-]1cc(C2CCCCC2)ccc1-c1ccccn1.[c-]1ccc2c(c1-c1ccccn1)[Se]c1ccccc1[Se]2.[c-]1ccccc1-c1ccccn1. The zero-order valence-corrected chi connectivity index (χ0v) is 83.6. The maximum atomic E-state index is 5.25. The zero-order chi connectivity index (χ0) is 85.3. The van der Waals surface area contributed by atoms with Crippen molar-refractivity contribution in [3.05, 3.63) is 392 Å². The Morgan fingerprint density at radius 2 is 0.866 bits per heavy atom. The van der Waals surface area contributed by atoms with Crippen molar-refractivity contribution in [1.29, 1.82) is 0 Å². The molecule has 0 N–H and O–H groups in total. The Labute approximate surface area is 804 Å². The second-order valence-corrected chi connectivity index (χ2v) is 36.8. The third-order valence-corrected chi connectivity index (χ3v) is 30.3. The zero-order valence-electron chi connectivity index (χ0n) is 73.0. The molecule has 6 aromatic heterocycles. The van der Waals surface area contributed by atoms with E-state index < -0.39 is 0 Å². The fraction of sp³-hybridized carbons (Fsp3) is 0.196. The molecule has 0 bridgehead atoms. The van der Waals surface area contributed by atoms with Crippen molar-refractivity contribution >= 4 is 81.9 Å². The van der Waals surface area contributed by atoms with Crippen LogP contribution in [0.1, 0.15) is 129 Å². The number of rotatable bonds is 10. The average molecular weight is 2320 g/mol. The molecule has 127 heavy (non-hydrogen) atoms. The summed E-state index contributed by atoms with van der Waals surface area (Å²) in [4.78, 5) is 33.9. The third kappa shape index (κ3) is 22.2. The summed E-state index contributed by atoms with van der Waals surface area (Å²) in [7, 11) is 8.05. The number of fused-ring (bicyclic) bond motifs is 6. The number of aryl methyl sites for hydroxylation is 2. The van der Waals surface area contributed by atoms with Crippen LogP contribution < -0.4 is 37.3 Å². The first-order chi connectivity index (χ1) is 60.7. The van der Waals surface area contributed by atoms with Gasteiger partial charge in [0.05, 0.1) is 18.5 Å². The molecule has 3 aliphatic heterocycles. The minimum atomic E-state index is -0.0513. The van der Waals surface area contributed by atoms with Crippen molar-refractivity contribution in [3.8, 4) is 84.4 Å². The number of hydrogen-bond acceptors (Lipinski definition) is 10. The molecule has 10 nitrogen and oxygen atoms in total. The van der Waals surface area contributed by atoms with Gasteiger partial charge < -0.3 is 44.4 Å². The van der Waals surface area contributed by atoms with E-state index in [1.54, 1.807) is 13.3 Å². The molecule has 645 valence electrons. The van der Waals surface area contributed by atoms with E-state index in [4.69, 9.17) is 14.7 Å². The van der Waals surface area contributed by atoms with Gasteiger partial charge in [-0.05, 0) is 135 Å². The average Bonchev–Trinajstić information content (AvgIpc) is 0.728. The van der Waals surface area contributed by atoms with E-state index in [0.29, 0.717) is 35.8 Å². The maximum absolute atomic E-state index is 5.25. The monoisotopic (exact) mass is 2330 g/mol. The van der Waals surface area contributed by atoms with E-state index in [-0.39, 0.29) is 65.7 Å². The number of benzene rings is 10. The second-order valence-electron chi connectivity index (χ2n) is 32.3. The predicted octanol–water partition coefficient (Wildman–Crippen LogP) is 23.9. The van der Waals surface area contributed by atoms with E-state index in [0.717, 1.165) is 96.1 Å². The molecular weight excluding hydrogens is 2220 g/mol. The van der Waals surface area contributed by atoms with E-state index in [1.807, 2.05) is 146 Å². The number of nitrogens with zero attached hydrogens (tertiary/aromatic N) is 9. The summed E-state index contributed by atoms with van der Waals surface area (Å²) in [5.74, 6) is 2.29. The Kier molecular flexibility index (Phi) is 33.1. The van der Waals surface area contributed by atoms with Crippen LogP contribution in [0.25, 0.3) is 78.7 Å². The molecule has 10 aromatic carbocycles. The van der Waals surface area contributed by atoms with Gasteiger partial charge in [0, 0.05) is 124 Å². The molecule has 0 spiro atoms. The molecule has 2 saturated carbocycles. The van der Waals surface area contributed by atoms with Crippen LogP contribution in [0.2, 0.25) is 0 Å². The van der Waals surface area contributed by atoms with E-state index >= 15 is 0 Å². The topological polar surface area (TPSA) is 96.3 Å². The van der Waals surface area contributed by atoms with Crippen LogP contribution in [-0.4, -0.2) is 88.1 Å². The Bertz CT molecular complexity index is 6170. The summed E-state index contributed by atoms with van der Waals surface area (Å²) in [5.41, 5.74) is 31.1. The Morgan fingerprint density at radius 3 is 1.43 bits per heavy atom. The molecule has 5 aliphatic rings. The standard InChI is InChI=1S/C27H29N2.C26H22N3O.C17H10NSe2.C17H18N.C14H14N.C11H8N.3Ir/c1-27(2)22-13-7-8-15-25(22)29(3)26-21(12-9-14-23(26)27)24-17-16-20(18-28-24)19-10-5-4-6-11-19;1-28-23-8-4-5-9-24(23)29(2)26-21(7-6-10-25(26)28)22-16-13-19(17-27-22)18-11-14-20(30-3)15-12-18;1-2-9-15-14(8-1)19-16-10-5-6-12(17(16)20-15)13-7-3-4-11-18-13;1-2-6-14(7-3-1)15-9-11-16(12-10-15)17-8-4-5-13-18-17;1-10-8-13(9-11(2)12(10)3)14-6-4-5-7-15-14;1-2-6-10(7-3-1)11-8-4-5-9-12-11;;;/h7-9,13-19H,4-6,10-11H2,1-3H3;4-6,8-17H,1-3H3;1-5,7-11H;4-5,8-11,13-14H,1-3,6-7H2;4-8H,1-3H3;1-6,8-9H;;;/q6*-1;;;. The first-order valence-electron chi connectivity index (χ1n) is 42.9. The van der Waals surface area contributed by atoms with Crippen LogP contribution in [0.3, 0.4) is 0 Å². The molecule has 0 saturated heterocycles. The summed E-state index contributed by atoms with van der Waals surface area (Å²) in [6.07, 6.45) is 24.9. The summed E-state index contributed by atoms with van der Waals surface area (Å²) in [6, 6.07) is 116. The molecule has 2 fully saturated rings. The van der Waals surface area contributed by atoms with Crippen LogP contribution in [0.15, 0.2) is 316 Å². The first-order valence-corrected chi connectivity index (χ1v) is 46.4. The quantitative estimate of drug-likeness (QED) is 0.0973. The van der Waals surface area contributed by atoms with Crippen molar-refractivity contribution in [3.63, 3.8) is 0 Å². The van der Waals surface area contributed by atoms with Gasteiger partial charge in [-0.15, -0.1) is 148 Å². The fourth-order valence-electron chi connectivity index (χ4n) is 17.1. The molecule has 0 atom stereocenters. The Morgan fingerprint density at radius 1 is 0.370 bits per heavy atom. The van der Waals surface area contributed by atoms with E-state index in [1.165, 1.54) is 149 Å². The molecule has 2 aliphatic carbocycles. The van der Waals surface area contributed by atoms with Crippen LogP contribution in [-0.2, 0) is 65.7 Å². The molecular formula is C112H101Ir3N9OSe2-6. The molecule has 16 aromatic rings. The van der Waals surface area contributed by atoms with Crippen molar-refractivity contribution in [2.75, 3.05) is 43.0 Å². The summed E-state index contributed by atoms with van der Waals surface area (Å²) >= 11 is 0.765. The van der Waals surface area contributed by atoms with Crippen molar-refractivity contribution in [2.24, 2.45) is 0 Å². The number of anilines is 6. The minimum Gasteiger partial charge on any atom is -0.305 e. The van der Waals surface area contributed by atoms with Gasteiger partial charge >= 0.3 is 131 Å². The molecule has 15 heteroatoms. The number of pyridine rings is 6. The maximum Gasteiger partial charge on any atom is 0.0160 e. The van der Waals surface area contributed by atoms with Crippen LogP contribution in [0.4, 0.5) is 34.1 Å². The van der Waals surface area contributed by atoms with E-state index in [2.05, 4.69) is 291 Å². The van der Waals surface area contributed by atoms with Gasteiger partial charge in [0.2, 0.25) is 0 Å². The smallest absolute Gasteiger partial charge is 0.0160 e. The Hall–Kier alpha value is -10.7. The predicted molar refractivity (Wildman–Crippen MR) is 515 cm³/mol. The molecule has 21 rings (SSSR count). The van der Waals surface area contributed by atoms with Gasteiger partial charge in [-0.25, -0.2) is 0 Å². The van der Waals surface area contributed by atoms with Gasteiger partial charge in [0.15, 0.2) is 0 Å². The molecule has 0 unspecified atom stereocenters. The van der Waals surface area contributed by atoms with Crippen LogP contribution >= 0.6 is 0 Å². The second kappa shape index (κ2) is 44.8. The molecule has 0 amide bonds. The number of hydrogen-bond donors (Lipinski definition) is 0. The summed E-state index contributed by atoms with van der Waals surface area (Å²) in [5, 5.41) is 0. The van der Waals surface area contributed by atoms with Gasteiger partial charge in [0.1, 0.15) is 5.75 Å². The van der Waals surface area contributed by atoms with E-state index in [9.17, 15) is 0 Å². The van der Waals surface area contributed by atoms with Gasteiger partial charge in [-0.1, -0.05) is 206 Å². The van der Waals surface area contributed by atoms with Crippen LogP contribution in [0, 0.1) is 57.2 Å². The molecule has 3 radical (unpaired) electrons.